The van der Waals surface area contributed by atoms with E-state index in [2.05, 4.69) is 4.74 Å². The Hall–Kier alpha value is -1.30. The maximum Gasteiger partial charge on any atom is 0.410 e. The highest BCUT2D eigenvalue weighted by Gasteiger charge is 2.36. The summed E-state index contributed by atoms with van der Waals surface area (Å²) in [4.78, 5) is 24.2. The molecule has 0 saturated carbocycles. The lowest BCUT2D eigenvalue weighted by atomic mass is 10.0. The van der Waals surface area contributed by atoms with Crippen molar-refractivity contribution in [1.29, 1.82) is 0 Å². The molecule has 0 aromatic carbocycles. The highest BCUT2D eigenvalue weighted by atomic mass is 16.6. The first kappa shape index (κ1) is 12.8. The molecule has 1 rings (SSSR count). The van der Waals surface area contributed by atoms with E-state index in [1.54, 1.807) is 6.92 Å². The summed E-state index contributed by atoms with van der Waals surface area (Å²) in [6, 6.07) is -0.646. The largest absolute Gasteiger partial charge is 0.467 e. The molecule has 1 aliphatic rings. The second kappa shape index (κ2) is 5.69. The molecular weight excluding hydrogens is 214 g/mol. The Labute approximate surface area is 94.1 Å². The number of piperidine rings is 1. The number of methoxy groups -OCH3 is 1. The number of esters is 1. The van der Waals surface area contributed by atoms with Gasteiger partial charge in [0.25, 0.3) is 0 Å². The van der Waals surface area contributed by atoms with Crippen LogP contribution < -0.4 is 0 Å². The Morgan fingerprint density at radius 1 is 1.44 bits per heavy atom. The van der Waals surface area contributed by atoms with Crippen LogP contribution in [0.3, 0.4) is 0 Å². The standard InChI is InChI=1S/C10H17NO5/c1-3-16-10(14)11-6-7(12)4-5-8(11)9(13)15-2/h7-8,12H,3-6H2,1-2H3/t7-,8+/m1/s1. The van der Waals surface area contributed by atoms with Crippen LogP contribution in [-0.4, -0.2) is 54.5 Å². The molecule has 0 aliphatic carbocycles. The Balaban J connectivity index is 2.72. The van der Waals surface area contributed by atoms with Gasteiger partial charge in [-0.3, -0.25) is 4.90 Å². The molecule has 16 heavy (non-hydrogen) atoms. The molecule has 0 aromatic heterocycles. The van der Waals surface area contributed by atoms with Crippen molar-refractivity contribution >= 4 is 12.1 Å². The molecule has 0 unspecified atom stereocenters. The number of rotatable bonds is 2. The predicted octanol–water partition coefficient (Wildman–Crippen LogP) is 0.141. The van der Waals surface area contributed by atoms with Crippen LogP contribution in [0, 0.1) is 0 Å². The van der Waals surface area contributed by atoms with Crippen LogP contribution in [0.1, 0.15) is 19.8 Å². The van der Waals surface area contributed by atoms with Gasteiger partial charge in [-0.1, -0.05) is 0 Å². The fourth-order valence-electron chi connectivity index (χ4n) is 1.74. The monoisotopic (exact) mass is 231 g/mol. The van der Waals surface area contributed by atoms with Gasteiger partial charge in [0.1, 0.15) is 6.04 Å². The molecule has 0 radical (unpaired) electrons. The number of likely N-dealkylation sites (tertiary alicyclic amines) is 1. The van der Waals surface area contributed by atoms with Crippen molar-refractivity contribution in [1.82, 2.24) is 4.90 Å². The zero-order valence-electron chi connectivity index (χ0n) is 9.51. The molecule has 92 valence electrons. The second-order valence-electron chi connectivity index (χ2n) is 3.62. The molecule has 2 atom stereocenters. The maximum atomic E-state index is 11.6. The molecule has 1 N–H and O–H groups in total. The highest BCUT2D eigenvalue weighted by molar-refractivity contribution is 5.81. The average molecular weight is 231 g/mol. The minimum Gasteiger partial charge on any atom is -0.467 e. The van der Waals surface area contributed by atoms with Crippen LogP contribution in [0.15, 0.2) is 0 Å². The third-order valence-corrected chi connectivity index (χ3v) is 2.53. The summed E-state index contributed by atoms with van der Waals surface area (Å²) in [6.45, 7) is 2.03. The predicted molar refractivity (Wildman–Crippen MR) is 54.8 cm³/mol. The minimum atomic E-state index is -0.646. The summed E-state index contributed by atoms with van der Waals surface area (Å²) < 4.78 is 9.44. The van der Waals surface area contributed by atoms with E-state index in [4.69, 9.17) is 4.74 Å². The van der Waals surface area contributed by atoms with Crippen LogP contribution in [0.25, 0.3) is 0 Å². The van der Waals surface area contributed by atoms with Gasteiger partial charge in [0.2, 0.25) is 0 Å². The van der Waals surface area contributed by atoms with Gasteiger partial charge in [0, 0.05) is 0 Å². The first-order valence-electron chi connectivity index (χ1n) is 5.29. The topological polar surface area (TPSA) is 76.1 Å². The smallest absolute Gasteiger partial charge is 0.410 e. The lowest BCUT2D eigenvalue weighted by Gasteiger charge is -2.35. The summed E-state index contributed by atoms with van der Waals surface area (Å²) in [6.07, 6.45) is -0.315. The zero-order valence-corrected chi connectivity index (χ0v) is 9.51. The Kier molecular flexibility index (Phi) is 4.54. The highest BCUT2D eigenvalue weighted by Crippen LogP contribution is 2.19. The third-order valence-electron chi connectivity index (χ3n) is 2.53. The van der Waals surface area contributed by atoms with Crippen molar-refractivity contribution in [3.05, 3.63) is 0 Å². The van der Waals surface area contributed by atoms with E-state index >= 15 is 0 Å². The van der Waals surface area contributed by atoms with Gasteiger partial charge in [-0.25, -0.2) is 9.59 Å². The molecule has 0 bridgehead atoms. The van der Waals surface area contributed by atoms with Crippen molar-refractivity contribution in [2.24, 2.45) is 0 Å². The molecular formula is C10H17NO5. The van der Waals surface area contributed by atoms with E-state index in [1.807, 2.05) is 0 Å². The zero-order chi connectivity index (χ0) is 12.1. The van der Waals surface area contributed by atoms with Crippen LogP contribution >= 0.6 is 0 Å². The molecule has 6 heteroatoms. The van der Waals surface area contributed by atoms with Gasteiger partial charge in [-0.15, -0.1) is 0 Å². The number of nitrogens with zero attached hydrogens (tertiary/aromatic N) is 1. The van der Waals surface area contributed by atoms with Crippen LogP contribution in [-0.2, 0) is 14.3 Å². The van der Waals surface area contributed by atoms with E-state index in [-0.39, 0.29) is 13.2 Å². The first-order valence-corrected chi connectivity index (χ1v) is 5.29. The van der Waals surface area contributed by atoms with Crippen LogP contribution in [0.4, 0.5) is 4.79 Å². The lowest BCUT2D eigenvalue weighted by Crippen LogP contribution is -2.52. The van der Waals surface area contributed by atoms with Gasteiger partial charge in [-0.05, 0) is 19.8 Å². The SMILES string of the molecule is CCOC(=O)N1C[C@H](O)CC[C@H]1C(=O)OC. The number of aliphatic hydroxyl groups is 1. The molecule has 1 aliphatic heterocycles. The van der Waals surface area contributed by atoms with E-state index in [0.29, 0.717) is 12.8 Å². The van der Waals surface area contributed by atoms with Gasteiger partial charge in [0.05, 0.1) is 26.4 Å². The van der Waals surface area contributed by atoms with Crippen molar-refractivity contribution in [3.63, 3.8) is 0 Å². The molecule has 0 aromatic rings. The fourth-order valence-corrected chi connectivity index (χ4v) is 1.74. The number of β-amino-alcohol motifs (C(OH)–C–C–N with tert-alkyl or cyclic N) is 1. The minimum absolute atomic E-state index is 0.110. The Morgan fingerprint density at radius 2 is 2.12 bits per heavy atom. The number of carbonyl (C=O) groups is 2. The van der Waals surface area contributed by atoms with E-state index in [9.17, 15) is 14.7 Å². The number of carbonyl (C=O) groups excluding carboxylic acids is 2. The number of hydrogen-bond donors (Lipinski definition) is 1. The van der Waals surface area contributed by atoms with Crippen molar-refractivity contribution in [2.75, 3.05) is 20.3 Å². The summed E-state index contributed by atoms with van der Waals surface area (Å²) in [5.41, 5.74) is 0. The van der Waals surface area contributed by atoms with Crippen molar-refractivity contribution in [3.8, 4) is 0 Å². The average Bonchev–Trinajstić information content (AvgIpc) is 2.28. The molecule has 6 nitrogen and oxygen atoms in total. The number of ether oxygens (including phenoxy) is 2. The van der Waals surface area contributed by atoms with Crippen LogP contribution in [0.5, 0.6) is 0 Å². The quantitative estimate of drug-likeness (QED) is 0.684. The molecule has 1 fully saturated rings. The summed E-state index contributed by atoms with van der Waals surface area (Å²) >= 11 is 0. The lowest BCUT2D eigenvalue weighted by molar-refractivity contribution is -0.148. The fraction of sp³-hybridized carbons (Fsp3) is 0.800. The molecule has 1 amide bonds. The summed E-state index contributed by atoms with van der Waals surface area (Å²) in [5, 5.41) is 9.47. The van der Waals surface area contributed by atoms with E-state index in [0.717, 1.165) is 0 Å². The maximum absolute atomic E-state index is 11.6. The van der Waals surface area contributed by atoms with Gasteiger partial charge >= 0.3 is 12.1 Å². The molecule has 0 spiro atoms. The van der Waals surface area contributed by atoms with Crippen LogP contribution in [0.2, 0.25) is 0 Å². The second-order valence-corrected chi connectivity index (χ2v) is 3.62. The van der Waals surface area contributed by atoms with Gasteiger partial charge < -0.3 is 14.6 Å². The first-order chi connectivity index (χ1) is 7.60. The number of aliphatic hydroxyl groups excluding tert-OH is 1. The van der Waals surface area contributed by atoms with Gasteiger partial charge in [-0.2, -0.15) is 0 Å². The van der Waals surface area contributed by atoms with E-state index in [1.165, 1.54) is 12.0 Å². The molecule has 1 heterocycles. The van der Waals surface area contributed by atoms with E-state index < -0.39 is 24.2 Å². The number of hydrogen-bond acceptors (Lipinski definition) is 5. The summed E-state index contributed by atoms with van der Waals surface area (Å²) in [7, 11) is 1.27. The summed E-state index contributed by atoms with van der Waals surface area (Å²) in [5.74, 6) is -0.472. The van der Waals surface area contributed by atoms with Gasteiger partial charge in [0.15, 0.2) is 0 Å². The molecule has 1 saturated heterocycles. The third kappa shape index (κ3) is 2.85. The Bertz CT molecular complexity index is 268. The number of amides is 1. The Morgan fingerprint density at radius 3 is 2.69 bits per heavy atom. The normalized spacial score (nSPS) is 25.1. The van der Waals surface area contributed by atoms with Crippen molar-refractivity contribution in [2.45, 2.75) is 31.9 Å². The van der Waals surface area contributed by atoms with Crippen molar-refractivity contribution < 1.29 is 24.2 Å².